The molecule has 0 N–H and O–H groups in total. The number of rotatable bonds is 12. The Bertz CT molecular complexity index is 3500. The summed E-state index contributed by atoms with van der Waals surface area (Å²) in [5.41, 5.74) is 11.0. The van der Waals surface area contributed by atoms with E-state index in [-0.39, 0.29) is 0 Å². The molecule has 12 rings (SSSR count). The number of hydrogen-bond acceptors (Lipinski definition) is 1. The molecular formula is C67H50N2S. The lowest BCUT2D eigenvalue weighted by Gasteiger charge is -2.42. The minimum atomic E-state index is -1.92. The maximum atomic E-state index is 2.45. The monoisotopic (exact) mass is 914 g/mol. The predicted molar refractivity (Wildman–Crippen MR) is 294 cm³/mol. The van der Waals surface area contributed by atoms with E-state index in [0.717, 1.165) is 33.8 Å². The summed E-state index contributed by atoms with van der Waals surface area (Å²) < 4.78 is 2.45. The highest BCUT2D eigenvalue weighted by atomic mass is 32.3. The van der Waals surface area contributed by atoms with Gasteiger partial charge in [-0.2, -0.15) is 0 Å². The molecule has 70 heavy (non-hydrogen) atoms. The van der Waals surface area contributed by atoms with Gasteiger partial charge in [-0.25, -0.2) is 0 Å². The third kappa shape index (κ3) is 7.22. The molecule has 0 unspecified atom stereocenters. The molecule has 0 saturated heterocycles. The zero-order chi connectivity index (χ0) is 46.7. The number of aromatic nitrogens is 1. The van der Waals surface area contributed by atoms with Crippen LogP contribution in [0.25, 0.3) is 27.5 Å². The van der Waals surface area contributed by atoms with Crippen molar-refractivity contribution in [2.75, 3.05) is 4.90 Å². The number of nitrogens with zero attached hydrogens (tertiary/aromatic N) is 2. The average molecular weight is 915 g/mol. The molecule has 0 aliphatic rings. The third-order valence-corrected chi connectivity index (χ3v) is 17.7. The minimum absolute atomic E-state index is 0.572. The molecule has 334 valence electrons. The minimum Gasteiger partial charge on any atom is -0.310 e. The van der Waals surface area contributed by atoms with E-state index in [4.69, 9.17) is 0 Å². The number of hydrogen-bond donors (Lipinski definition) is 0. The quantitative estimate of drug-likeness (QED) is 0.111. The van der Waals surface area contributed by atoms with Gasteiger partial charge >= 0.3 is 0 Å². The Morgan fingerprint density at radius 2 is 0.671 bits per heavy atom. The molecule has 1 aromatic heterocycles. The van der Waals surface area contributed by atoms with Gasteiger partial charge in [0.1, 0.15) is 0 Å². The van der Waals surface area contributed by atoms with Crippen LogP contribution in [0.15, 0.2) is 323 Å². The van der Waals surface area contributed by atoms with E-state index in [1.165, 1.54) is 52.6 Å². The van der Waals surface area contributed by atoms with E-state index in [1.807, 2.05) is 0 Å². The molecule has 0 aliphatic heterocycles. The van der Waals surface area contributed by atoms with Gasteiger partial charge in [0.2, 0.25) is 0 Å². The van der Waals surface area contributed by atoms with E-state index in [0.29, 0.717) is 0 Å². The van der Waals surface area contributed by atoms with Crippen molar-refractivity contribution in [3.05, 3.63) is 326 Å². The van der Waals surface area contributed by atoms with Crippen LogP contribution in [-0.2, 0) is 5.41 Å². The van der Waals surface area contributed by atoms with Crippen molar-refractivity contribution in [1.29, 1.82) is 0 Å². The maximum absolute atomic E-state index is 2.45. The van der Waals surface area contributed by atoms with Crippen LogP contribution < -0.4 is 4.90 Å². The Hall–Kier alpha value is -8.63. The van der Waals surface area contributed by atoms with Crippen molar-refractivity contribution in [1.82, 2.24) is 4.57 Å². The highest BCUT2D eigenvalue weighted by molar-refractivity contribution is 8.34. The zero-order valence-electron chi connectivity index (χ0n) is 38.7. The number of benzene rings is 11. The fourth-order valence-corrected chi connectivity index (χ4v) is 14.8. The van der Waals surface area contributed by atoms with E-state index in [1.54, 1.807) is 0 Å². The predicted octanol–water partition coefficient (Wildman–Crippen LogP) is 18.0. The molecule has 0 atom stereocenters. The van der Waals surface area contributed by atoms with Gasteiger partial charge in [-0.05, 0) is 125 Å². The highest BCUT2D eigenvalue weighted by Crippen LogP contribution is 2.73. The second-order valence-corrected chi connectivity index (χ2v) is 20.8. The summed E-state index contributed by atoms with van der Waals surface area (Å²) in [6.07, 6.45) is 0. The van der Waals surface area contributed by atoms with E-state index < -0.39 is 15.4 Å². The van der Waals surface area contributed by atoms with Gasteiger partial charge in [-0.15, -0.1) is 10.0 Å². The lowest BCUT2D eigenvalue weighted by atomic mass is 9.65. The van der Waals surface area contributed by atoms with Gasteiger partial charge in [0, 0.05) is 53.1 Å². The lowest BCUT2D eigenvalue weighted by Crippen LogP contribution is -2.31. The SMILES string of the molecule is c1ccc(N(c2cccc(S(c3ccccc3)(c3ccccc3)c3ccccc3)c2)c2ccc3c(c2)c2ccccc2n3-c2cccc(C(c3ccccc3)(c3ccccc3)c3ccccc3)c2)cc1. The first-order valence-corrected chi connectivity index (χ1v) is 25.6. The van der Waals surface area contributed by atoms with Crippen LogP contribution in [0.5, 0.6) is 0 Å². The van der Waals surface area contributed by atoms with Crippen molar-refractivity contribution in [3.8, 4) is 5.69 Å². The van der Waals surface area contributed by atoms with Crippen molar-refractivity contribution < 1.29 is 0 Å². The van der Waals surface area contributed by atoms with Gasteiger partial charge in [0.05, 0.1) is 16.4 Å². The van der Waals surface area contributed by atoms with E-state index in [9.17, 15) is 0 Å². The summed E-state index contributed by atoms with van der Waals surface area (Å²) in [6, 6.07) is 111. The number of fused-ring (bicyclic) bond motifs is 3. The lowest BCUT2D eigenvalue weighted by molar-refractivity contribution is 0.744. The molecule has 1 heterocycles. The first kappa shape index (κ1) is 42.7. The largest absolute Gasteiger partial charge is 0.310 e. The van der Waals surface area contributed by atoms with Crippen molar-refractivity contribution in [2.45, 2.75) is 25.0 Å². The van der Waals surface area contributed by atoms with E-state index >= 15 is 0 Å². The Labute approximate surface area is 412 Å². The van der Waals surface area contributed by atoms with E-state index in [2.05, 4.69) is 313 Å². The second-order valence-electron chi connectivity index (χ2n) is 17.7. The van der Waals surface area contributed by atoms with Crippen LogP contribution in [-0.4, -0.2) is 4.57 Å². The van der Waals surface area contributed by atoms with Crippen molar-refractivity contribution in [2.24, 2.45) is 0 Å². The molecule has 0 saturated carbocycles. The van der Waals surface area contributed by atoms with Crippen LogP contribution in [0.2, 0.25) is 0 Å². The number of anilines is 3. The fraction of sp³-hybridized carbons (Fsp3) is 0.0149. The van der Waals surface area contributed by atoms with Crippen LogP contribution in [0.1, 0.15) is 22.3 Å². The highest BCUT2D eigenvalue weighted by Gasteiger charge is 2.39. The molecule has 0 bridgehead atoms. The molecule has 11 aromatic carbocycles. The van der Waals surface area contributed by atoms with Gasteiger partial charge in [0.15, 0.2) is 0 Å². The third-order valence-electron chi connectivity index (χ3n) is 13.8. The average Bonchev–Trinajstić information content (AvgIpc) is 3.77. The maximum Gasteiger partial charge on any atom is 0.0702 e. The Morgan fingerprint density at radius 3 is 1.21 bits per heavy atom. The molecule has 0 spiro atoms. The Kier molecular flexibility index (Phi) is 11.3. The number of para-hydroxylation sites is 2. The van der Waals surface area contributed by atoms with Crippen LogP contribution in [0, 0.1) is 0 Å². The molecule has 0 amide bonds. The molecule has 3 heteroatoms. The Balaban J connectivity index is 1.06. The zero-order valence-corrected chi connectivity index (χ0v) is 39.5. The fourth-order valence-electron chi connectivity index (χ4n) is 10.8. The second kappa shape index (κ2) is 18.5. The summed E-state index contributed by atoms with van der Waals surface area (Å²) in [5.74, 6) is 0. The topological polar surface area (TPSA) is 8.17 Å². The first-order chi connectivity index (χ1) is 34.7. The normalized spacial score (nSPS) is 11.9. The van der Waals surface area contributed by atoms with Gasteiger partial charge in [-0.3, -0.25) is 0 Å². The van der Waals surface area contributed by atoms with Crippen LogP contribution in [0.3, 0.4) is 0 Å². The summed E-state index contributed by atoms with van der Waals surface area (Å²) in [5, 5.41) is 2.39. The molecule has 0 radical (unpaired) electrons. The van der Waals surface area contributed by atoms with Gasteiger partial charge < -0.3 is 9.47 Å². The standard InChI is InChI=1S/C67H50N2S/c1-8-26-51(27-9-1)67(52-28-10-2-11-29-52,53-30-12-3-13-31-53)54-32-24-35-56(48-54)69-65-45-23-22-44-63(65)64-50-58(46-47-66(64)69)68(55-33-14-4-15-34-55)57-36-25-43-62(49-57)70(59-37-16-5-17-38-59,60-39-18-6-19-40-60)61-41-20-7-21-42-61/h1-50H. The van der Waals surface area contributed by atoms with Gasteiger partial charge in [-0.1, -0.05) is 200 Å². The summed E-state index contributed by atoms with van der Waals surface area (Å²) in [7, 11) is -1.92. The van der Waals surface area contributed by atoms with Gasteiger partial charge in [0.25, 0.3) is 0 Å². The van der Waals surface area contributed by atoms with Crippen molar-refractivity contribution >= 4 is 48.9 Å². The molecule has 0 fully saturated rings. The first-order valence-electron chi connectivity index (χ1n) is 24.0. The molecule has 0 aliphatic carbocycles. The van der Waals surface area contributed by atoms with Crippen LogP contribution >= 0.6 is 10.0 Å². The summed E-state index contributed by atoms with van der Waals surface area (Å²) in [6.45, 7) is 0. The molecule has 2 nitrogen and oxygen atoms in total. The Morgan fingerprint density at radius 1 is 0.271 bits per heavy atom. The summed E-state index contributed by atoms with van der Waals surface area (Å²) >= 11 is 0. The van der Waals surface area contributed by atoms with Crippen molar-refractivity contribution in [3.63, 3.8) is 0 Å². The summed E-state index contributed by atoms with van der Waals surface area (Å²) in [4.78, 5) is 7.58. The molecule has 12 aromatic rings. The smallest absolute Gasteiger partial charge is 0.0702 e. The van der Waals surface area contributed by atoms with Crippen LogP contribution in [0.4, 0.5) is 17.1 Å². The molecular weight excluding hydrogens is 865 g/mol.